The van der Waals surface area contributed by atoms with Gasteiger partial charge in [-0.2, -0.15) is 8.78 Å². The van der Waals surface area contributed by atoms with Crippen molar-refractivity contribution in [1.82, 2.24) is 0 Å². The second-order valence-electron chi connectivity index (χ2n) is 0.720. The summed E-state index contributed by atoms with van der Waals surface area (Å²) in [6, 6.07) is 0. The molecule has 6 heavy (non-hydrogen) atoms. The molecule has 0 nitrogen and oxygen atoms in total. The summed E-state index contributed by atoms with van der Waals surface area (Å²) in [6.07, 6.45) is 2.27. The third kappa shape index (κ3) is 3.42. The number of terminal acetylenes is 1. The molecule has 0 spiro atoms. The predicted molar refractivity (Wildman–Crippen MR) is 18.9 cm³/mol. The Kier molecular flexibility index (Phi) is 2.39. The molecule has 0 aliphatic rings. The fourth-order valence-electron chi connectivity index (χ4n) is 0.0772. The normalized spacial score (nSPS) is 8.33. The van der Waals surface area contributed by atoms with Crippen LogP contribution in [0.3, 0.4) is 0 Å². The topological polar surface area (TPSA) is 0 Å². The fraction of sp³-hybridized carbons (Fsp3) is 0.250. The van der Waals surface area contributed by atoms with Crippen LogP contribution in [0.2, 0.25) is 0 Å². The van der Waals surface area contributed by atoms with Crippen LogP contribution in [0.4, 0.5) is 8.78 Å². The molecule has 0 aromatic heterocycles. The van der Waals surface area contributed by atoms with Crippen LogP contribution < -0.4 is 0 Å². The molecule has 0 aliphatic heterocycles. The minimum Gasteiger partial charge on any atom is -0.199 e. The summed E-state index contributed by atoms with van der Waals surface area (Å²) >= 11 is 0. The minimum absolute atomic E-state index is 0.514. The van der Waals surface area contributed by atoms with Crippen LogP contribution in [0, 0.1) is 18.8 Å². The van der Waals surface area contributed by atoms with Crippen molar-refractivity contribution in [3.05, 3.63) is 6.43 Å². The first-order valence-electron chi connectivity index (χ1n) is 1.37. The monoisotopic (exact) mass is 89.0 g/mol. The molecule has 0 unspecified atom stereocenters. The van der Waals surface area contributed by atoms with Crippen molar-refractivity contribution in [2.45, 2.75) is 6.42 Å². The molecule has 33 valence electrons. The van der Waals surface area contributed by atoms with Crippen molar-refractivity contribution >= 4 is 0 Å². The zero-order chi connectivity index (χ0) is 4.99. The molecule has 0 saturated heterocycles. The summed E-state index contributed by atoms with van der Waals surface area (Å²) in [6.45, 7) is 0. The summed E-state index contributed by atoms with van der Waals surface area (Å²) in [5, 5.41) is 0. The van der Waals surface area contributed by atoms with Gasteiger partial charge in [0.25, 0.3) is 0 Å². The van der Waals surface area contributed by atoms with Crippen LogP contribution in [0.25, 0.3) is 0 Å². The van der Waals surface area contributed by atoms with Crippen LogP contribution in [-0.2, 0) is 0 Å². The zero-order valence-electron chi connectivity index (χ0n) is 3.04. The van der Waals surface area contributed by atoms with Gasteiger partial charge in [0.05, 0.1) is 6.42 Å². The fourth-order valence-corrected chi connectivity index (χ4v) is 0.0772. The van der Waals surface area contributed by atoms with E-state index in [2.05, 4.69) is 6.42 Å². The quantitative estimate of drug-likeness (QED) is 0.426. The van der Waals surface area contributed by atoms with Crippen LogP contribution in [-0.4, -0.2) is 0 Å². The number of hydrogen-bond donors (Lipinski definition) is 0. The van der Waals surface area contributed by atoms with E-state index in [0.29, 0.717) is 0 Å². The summed E-state index contributed by atoms with van der Waals surface area (Å²) < 4.78 is 21.6. The van der Waals surface area contributed by atoms with Gasteiger partial charge in [0.15, 0.2) is 0 Å². The van der Waals surface area contributed by atoms with Gasteiger partial charge in [0.2, 0.25) is 0 Å². The van der Waals surface area contributed by atoms with Crippen molar-refractivity contribution in [2.75, 3.05) is 0 Å². The van der Waals surface area contributed by atoms with E-state index in [0.717, 1.165) is 0 Å². The third-order valence-corrected chi connectivity index (χ3v) is 0.236. The van der Waals surface area contributed by atoms with E-state index in [1.165, 1.54) is 0 Å². The highest BCUT2D eigenvalue weighted by Crippen LogP contribution is 2.05. The molecular formula is C4H3F2. The van der Waals surface area contributed by atoms with E-state index in [9.17, 15) is 8.78 Å². The highest BCUT2D eigenvalue weighted by molar-refractivity contribution is 4.89. The summed E-state index contributed by atoms with van der Waals surface area (Å²) in [5.74, 6) is 1.78. The van der Waals surface area contributed by atoms with Gasteiger partial charge < -0.3 is 0 Å². The average Bonchev–Trinajstić information content (AvgIpc) is 1.35. The largest absolute Gasteiger partial charge is 0.321 e. The van der Waals surface area contributed by atoms with Crippen LogP contribution in [0.5, 0.6) is 0 Å². The van der Waals surface area contributed by atoms with Crippen molar-refractivity contribution < 1.29 is 8.78 Å². The molecule has 0 rings (SSSR count). The Morgan fingerprint density at radius 1 is 1.67 bits per heavy atom. The van der Waals surface area contributed by atoms with Crippen molar-refractivity contribution in [3.8, 4) is 12.3 Å². The standard InChI is InChI=1S/C4H3F2/c1-2-3-4(5)6/h1H,3H2. The molecule has 0 amide bonds. The van der Waals surface area contributed by atoms with E-state index in [1.54, 1.807) is 5.92 Å². The lowest BCUT2D eigenvalue weighted by molar-refractivity contribution is 0.289. The lowest BCUT2D eigenvalue weighted by atomic mass is 10.5. The average molecular weight is 89.1 g/mol. The van der Waals surface area contributed by atoms with Gasteiger partial charge in [-0.15, -0.1) is 12.3 Å². The first-order chi connectivity index (χ1) is 2.77. The molecule has 0 aliphatic carbocycles. The number of halogens is 2. The van der Waals surface area contributed by atoms with Crippen molar-refractivity contribution in [3.63, 3.8) is 0 Å². The summed E-state index contributed by atoms with van der Waals surface area (Å²) in [7, 11) is 0. The number of hydrogen-bond acceptors (Lipinski definition) is 0. The first kappa shape index (κ1) is 5.42. The van der Waals surface area contributed by atoms with Crippen molar-refractivity contribution in [2.24, 2.45) is 0 Å². The second kappa shape index (κ2) is 2.65. The Morgan fingerprint density at radius 3 is 2.17 bits per heavy atom. The highest BCUT2D eigenvalue weighted by Gasteiger charge is 1.97. The Balaban J connectivity index is 2.88. The molecule has 0 aromatic carbocycles. The Bertz CT molecular complexity index is 60.4. The molecular weight excluding hydrogens is 86.0 g/mol. The maximum absolute atomic E-state index is 10.8. The molecule has 0 N–H and O–H groups in total. The molecule has 0 aromatic rings. The highest BCUT2D eigenvalue weighted by atomic mass is 19.3. The maximum atomic E-state index is 10.8. The minimum atomic E-state index is -1.70. The van der Waals surface area contributed by atoms with Gasteiger partial charge >= 0.3 is 6.43 Å². The molecule has 0 atom stereocenters. The van der Waals surface area contributed by atoms with Crippen molar-refractivity contribution in [1.29, 1.82) is 0 Å². The van der Waals surface area contributed by atoms with Crippen LogP contribution >= 0.6 is 0 Å². The van der Waals surface area contributed by atoms with Gasteiger partial charge in [0, 0.05) is 0 Å². The summed E-state index contributed by atoms with van der Waals surface area (Å²) in [4.78, 5) is 0. The molecule has 2 heteroatoms. The van der Waals surface area contributed by atoms with Gasteiger partial charge in [-0.05, 0) is 0 Å². The molecule has 0 bridgehead atoms. The summed E-state index contributed by atoms with van der Waals surface area (Å²) in [5.41, 5.74) is 0. The smallest absolute Gasteiger partial charge is 0.199 e. The number of rotatable bonds is 1. The van der Waals surface area contributed by atoms with E-state index >= 15 is 0 Å². The van der Waals surface area contributed by atoms with E-state index in [1.807, 2.05) is 0 Å². The van der Waals surface area contributed by atoms with Gasteiger partial charge in [-0.25, -0.2) is 0 Å². The Labute approximate surface area is 35.2 Å². The maximum Gasteiger partial charge on any atom is 0.321 e. The Hall–Kier alpha value is -0.580. The molecule has 0 heterocycles. The molecule has 0 fully saturated rings. The lowest BCUT2D eigenvalue weighted by Crippen LogP contribution is -1.70. The van der Waals surface area contributed by atoms with E-state index in [-0.39, 0.29) is 0 Å². The predicted octanol–water partition coefficient (Wildman–Crippen LogP) is 1.44. The SMILES string of the molecule is C#CC[C](F)F. The van der Waals surface area contributed by atoms with Crippen LogP contribution in [0.1, 0.15) is 6.42 Å². The van der Waals surface area contributed by atoms with Gasteiger partial charge in [-0.3, -0.25) is 0 Å². The Morgan fingerprint density at radius 2 is 2.17 bits per heavy atom. The first-order valence-corrected chi connectivity index (χ1v) is 1.37. The van der Waals surface area contributed by atoms with E-state index < -0.39 is 12.8 Å². The van der Waals surface area contributed by atoms with E-state index in [4.69, 9.17) is 0 Å². The molecule has 1 radical (unpaired) electrons. The lowest BCUT2D eigenvalue weighted by Gasteiger charge is -1.78. The second-order valence-corrected chi connectivity index (χ2v) is 0.720. The van der Waals surface area contributed by atoms with Gasteiger partial charge in [-0.1, -0.05) is 0 Å². The van der Waals surface area contributed by atoms with Crippen LogP contribution in [0.15, 0.2) is 0 Å². The van der Waals surface area contributed by atoms with Gasteiger partial charge in [0.1, 0.15) is 0 Å². The third-order valence-electron chi connectivity index (χ3n) is 0.236. The molecule has 0 saturated carbocycles. The zero-order valence-corrected chi connectivity index (χ0v) is 3.04.